The van der Waals surface area contributed by atoms with Gasteiger partial charge in [0.15, 0.2) is 5.13 Å². The lowest BCUT2D eigenvalue weighted by Crippen LogP contribution is -2.30. The number of hydrogen-bond acceptors (Lipinski definition) is 3. The summed E-state index contributed by atoms with van der Waals surface area (Å²) in [5.74, 6) is 0.868. The van der Waals surface area contributed by atoms with Crippen LogP contribution in [0, 0.1) is 5.92 Å². The molecule has 0 aromatic carbocycles. The lowest BCUT2D eigenvalue weighted by atomic mass is 10.2. The molecule has 0 spiro atoms. The fraction of sp³-hybridized carbons (Fsp3) is 0.667. The molecule has 1 saturated carbocycles. The van der Waals surface area contributed by atoms with E-state index in [-0.39, 0.29) is 0 Å². The van der Waals surface area contributed by atoms with E-state index in [9.17, 15) is 0 Å². The van der Waals surface area contributed by atoms with E-state index in [0.717, 1.165) is 15.4 Å². The molecule has 0 N–H and O–H groups in total. The first kappa shape index (κ1) is 9.28. The fourth-order valence-corrected chi connectivity index (χ4v) is 2.43. The third-order valence-corrected chi connectivity index (χ3v) is 3.89. The summed E-state index contributed by atoms with van der Waals surface area (Å²) in [6.07, 6.45) is 4.45. The Labute approximate surface area is 87.5 Å². The predicted molar refractivity (Wildman–Crippen MR) is 57.7 cm³/mol. The second kappa shape index (κ2) is 3.46. The van der Waals surface area contributed by atoms with Crippen LogP contribution in [0.1, 0.15) is 19.8 Å². The largest absolute Gasteiger partial charge is 0.348 e. The molecule has 0 saturated heterocycles. The molecule has 2 nitrogen and oxygen atoms in total. The van der Waals surface area contributed by atoms with Gasteiger partial charge < -0.3 is 4.90 Å². The van der Waals surface area contributed by atoms with E-state index in [1.54, 1.807) is 17.5 Å². The van der Waals surface area contributed by atoms with Crippen molar-refractivity contribution >= 4 is 28.1 Å². The first-order valence-corrected chi connectivity index (χ1v) is 5.72. The van der Waals surface area contributed by atoms with E-state index >= 15 is 0 Å². The summed E-state index contributed by atoms with van der Waals surface area (Å²) in [7, 11) is 2.10. The van der Waals surface area contributed by atoms with Crippen LogP contribution in [0.5, 0.6) is 0 Å². The van der Waals surface area contributed by atoms with Crippen molar-refractivity contribution in [2.75, 3.05) is 11.9 Å². The zero-order valence-electron chi connectivity index (χ0n) is 7.83. The molecule has 1 fully saturated rings. The topological polar surface area (TPSA) is 16.1 Å². The van der Waals surface area contributed by atoms with Crippen molar-refractivity contribution in [3.8, 4) is 0 Å². The minimum Gasteiger partial charge on any atom is -0.348 e. The molecule has 4 heteroatoms. The highest BCUT2D eigenvalue weighted by atomic mass is 35.5. The standard InChI is InChI=1S/C9H13ClN2S/c1-6(7-3-4-7)12(2)9-11-5-8(10)13-9/h5-7H,3-4H2,1-2H3. The van der Waals surface area contributed by atoms with Crippen LogP contribution < -0.4 is 4.90 Å². The van der Waals surface area contributed by atoms with Gasteiger partial charge >= 0.3 is 0 Å². The number of hydrogen-bond donors (Lipinski definition) is 0. The highest BCUT2D eigenvalue weighted by Gasteiger charge is 2.31. The fourth-order valence-electron chi connectivity index (χ4n) is 1.48. The Bertz CT molecular complexity index is 296. The maximum atomic E-state index is 5.83. The average molecular weight is 217 g/mol. The molecule has 0 bridgehead atoms. The second-order valence-corrected chi connectivity index (χ2v) is 5.28. The molecular formula is C9H13ClN2S. The number of rotatable bonds is 3. The highest BCUT2D eigenvalue weighted by Crippen LogP contribution is 2.37. The molecule has 13 heavy (non-hydrogen) atoms. The molecule has 1 unspecified atom stereocenters. The predicted octanol–water partition coefficient (Wildman–Crippen LogP) is 3.03. The lowest BCUT2D eigenvalue weighted by Gasteiger charge is -2.23. The van der Waals surface area contributed by atoms with Gasteiger partial charge in [-0.25, -0.2) is 4.98 Å². The summed E-state index contributed by atoms with van der Waals surface area (Å²) in [4.78, 5) is 6.49. The third kappa shape index (κ3) is 1.97. The molecule has 1 aromatic heterocycles. The first-order valence-electron chi connectivity index (χ1n) is 4.52. The van der Waals surface area contributed by atoms with Crippen LogP contribution in [0.15, 0.2) is 6.20 Å². The quantitative estimate of drug-likeness (QED) is 0.772. The van der Waals surface area contributed by atoms with Crippen LogP contribution in [-0.4, -0.2) is 18.1 Å². The summed E-state index contributed by atoms with van der Waals surface area (Å²) in [6, 6.07) is 0.599. The van der Waals surface area contributed by atoms with E-state index in [2.05, 4.69) is 23.9 Å². The first-order chi connectivity index (χ1) is 6.18. The summed E-state index contributed by atoms with van der Waals surface area (Å²) in [5.41, 5.74) is 0. The van der Waals surface area contributed by atoms with Crippen LogP contribution in [0.3, 0.4) is 0 Å². The van der Waals surface area contributed by atoms with Gasteiger partial charge in [0, 0.05) is 13.1 Å². The van der Waals surface area contributed by atoms with Gasteiger partial charge in [0.1, 0.15) is 4.34 Å². The Morgan fingerprint density at radius 3 is 2.85 bits per heavy atom. The molecule has 1 aliphatic carbocycles. The molecule has 0 aliphatic heterocycles. The van der Waals surface area contributed by atoms with Crippen LogP contribution in [0.4, 0.5) is 5.13 Å². The molecule has 1 atom stereocenters. The average Bonchev–Trinajstić information content (AvgIpc) is 2.87. The van der Waals surface area contributed by atoms with Crippen molar-refractivity contribution in [3.05, 3.63) is 10.5 Å². The van der Waals surface area contributed by atoms with E-state index in [1.807, 2.05) is 0 Å². The van der Waals surface area contributed by atoms with Gasteiger partial charge in [-0.1, -0.05) is 22.9 Å². The maximum absolute atomic E-state index is 5.83. The molecule has 72 valence electrons. The highest BCUT2D eigenvalue weighted by molar-refractivity contribution is 7.19. The maximum Gasteiger partial charge on any atom is 0.186 e. The zero-order chi connectivity index (χ0) is 9.42. The number of halogens is 1. The zero-order valence-corrected chi connectivity index (χ0v) is 9.40. The van der Waals surface area contributed by atoms with Crippen LogP contribution in [0.2, 0.25) is 4.34 Å². The van der Waals surface area contributed by atoms with Gasteiger partial charge in [0.25, 0.3) is 0 Å². The minimum absolute atomic E-state index is 0.599. The minimum atomic E-state index is 0.599. The summed E-state index contributed by atoms with van der Waals surface area (Å²) < 4.78 is 0.768. The Kier molecular flexibility index (Phi) is 2.47. The normalized spacial score (nSPS) is 18.7. The van der Waals surface area contributed by atoms with Crippen LogP contribution >= 0.6 is 22.9 Å². The Morgan fingerprint density at radius 2 is 2.38 bits per heavy atom. The molecule has 1 aliphatic rings. The van der Waals surface area contributed by atoms with Crippen molar-refractivity contribution in [2.24, 2.45) is 5.92 Å². The number of aromatic nitrogens is 1. The van der Waals surface area contributed by atoms with Gasteiger partial charge in [-0.05, 0) is 25.7 Å². The molecule has 1 heterocycles. The molecule has 0 radical (unpaired) electrons. The van der Waals surface area contributed by atoms with E-state index < -0.39 is 0 Å². The third-order valence-electron chi connectivity index (χ3n) is 2.68. The molecular weight excluding hydrogens is 204 g/mol. The van der Waals surface area contributed by atoms with Crippen molar-refractivity contribution in [2.45, 2.75) is 25.8 Å². The van der Waals surface area contributed by atoms with Crippen molar-refractivity contribution in [1.82, 2.24) is 4.98 Å². The van der Waals surface area contributed by atoms with Crippen LogP contribution in [-0.2, 0) is 0 Å². The molecule has 1 aromatic rings. The van der Waals surface area contributed by atoms with Gasteiger partial charge in [-0.15, -0.1) is 0 Å². The van der Waals surface area contributed by atoms with E-state index in [1.165, 1.54) is 12.8 Å². The van der Waals surface area contributed by atoms with Gasteiger partial charge in [0.05, 0.1) is 6.20 Å². The Balaban J connectivity index is 2.06. The Hall–Kier alpha value is -0.280. The van der Waals surface area contributed by atoms with Crippen molar-refractivity contribution in [1.29, 1.82) is 0 Å². The summed E-state index contributed by atoms with van der Waals surface area (Å²) in [5, 5.41) is 1.03. The monoisotopic (exact) mass is 216 g/mol. The van der Waals surface area contributed by atoms with Crippen molar-refractivity contribution < 1.29 is 0 Å². The van der Waals surface area contributed by atoms with E-state index in [4.69, 9.17) is 11.6 Å². The van der Waals surface area contributed by atoms with Crippen molar-refractivity contribution in [3.63, 3.8) is 0 Å². The number of thiazole rings is 1. The summed E-state index contributed by atoms with van der Waals surface area (Å²) in [6.45, 7) is 2.26. The van der Waals surface area contributed by atoms with Gasteiger partial charge in [-0.3, -0.25) is 0 Å². The smallest absolute Gasteiger partial charge is 0.186 e. The molecule has 0 amide bonds. The Morgan fingerprint density at radius 1 is 1.69 bits per heavy atom. The van der Waals surface area contributed by atoms with E-state index in [0.29, 0.717) is 6.04 Å². The van der Waals surface area contributed by atoms with Crippen LogP contribution in [0.25, 0.3) is 0 Å². The van der Waals surface area contributed by atoms with Gasteiger partial charge in [0.2, 0.25) is 0 Å². The molecule has 2 rings (SSSR count). The lowest BCUT2D eigenvalue weighted by molar-refractivity contribution is 0.608. The van der Waals surface area contributed by atoms with Gasteiger partial charge in [-0.2, -0.15) is 0 Å². The number of nitrogens with zero attached hydrogens (tertiary/aromatic N) is 2. The number of anilines is 1. The SMILES string of the molecule is CC(C1CC1)N(C)c1ncc(Cl)s1. The summed E-state index contributed by atoms with van der Waals surface area (Å²) >= 11 is 7.38. The second-order valence-electron chi connectivity index (χ2n) is 3.64.